The number of para-hydroxylation sites is 1. The number of fused-ring (bicyclic) bond motifs is 6. The summed E-state index contributed by atoms with van der Waals surface area (Å²) in [5.74, 6) is 1.91. The average Bonchev–Trinajstić information content (AvgIpc) is 3.74. The van der Waals surface area contributed by atoms with Gasteiger partial charge < -0.3 is 0 Å². The van der Waals surface area contributed by atoms with Crippen molar-refractivity contribution in [1.29, 1.82) is 0 Å². The van der Waals surface area contributed by atoms with Crippen molar-refractivity contribution in [2.24, 2.45) is 0 Å². The van der Waals surface area contributed by atoms with Crippen LogP contribution in [0.5, 0.6) is 0 Å². The molecule has 1 aliphatic carbocycles. The Labute approximate surface area is 337 Å². The van der Waals surface area contributed by atoms with Gasteiger partial charge in [0.15, 0.2) is 17.5 Å². The smallest absolute Gasteiger partial charge is 0.164 e. The van der Waals surface area contributed by atoms with Gasteiger partial charge in [0, 0.05) is 44.8 Å². The molecule has 3 aromatic heterocycles. The summed E-state index contributed by atoms with van der Waals surface area (Å²) in [6.07, 6.45) is 1.88. The first-order valence-electron chi connectivity index (χ1n) is 19.7. The van der Waals surface area contributed by atoms with Crippen molar-refractivity contribution in [3.8, 4) is 73.2 Å². The van der Waals surface area contributed by atoms with E-state index in [4.69, 9.17) is 19.9 Å². The van der Waals surface area contributed by atoms with Gasteiger partial charge in [-0.25, -0.2) is 19.9 Å². The summed E-state index contributed by atoms with van der Waals surface area (Å²) in [5.41, 5.74) is 15.3. The molecular weight excluding hydrogens is 707 g/mol. The molecule has 0 aliphatic heterocycles. The molecule has 10 aromatic rings. The molecule has 0 fully saturated rings. The second-order valence-electron chi connectivity index (χ2n) is 15.5. The molecule has 0 bridgehead atoms. The van der Waals surface area contributed by atoms with Crippen LogP contribution in [-0.2, 0) is 5.41 Å². The molecule has 0 atom stereocenters. The van der Waals surface area contributed by atoms with Gasteiger partial charge in [-0.2, -0.15) is 0 Å². The fraction of sp³-hybridized carbons (Fsp3) is 0.0566. The van der Waals surface area contributed by atoms with Crippen LogP contribution in [0.3, 0.4) is 0 Å². The van der Waals surface area contributed by atoms with Crippen molar-refractivity contribution in [2.75, 3.05) is 0 Å². The number of benzene rings is 7. The third kappa shape index (κ3) is 5.47. The van der Waals surface area contributed by atoms with Crippen molar-refractivity contribution < 1.29 is 0 Å². The van der Waals surface area contributed by atoms with Crippen molar-refractivity contribution in [3.05, 3.63) is 199 Å². The SMILES string of the molecule is CC1(C)c2cc(-c3nc(-c4ccc(-c5ccccc5)cc4)nc(-c4ccccc4-c4ccccc4)n3)ccc2-c2ccc(-n3c4ccccc4c4cccnc43)cc21. The van der Waals surface area contributed by atoms with Crippen LogP contribution in [0.2, 0.25) is 0 Å². The number of hydrogen-bond acceptors (Lipinski definition) is 4. The number of rotatable bonds is 6. The Morgan fingerprint density at radius 2 is 0.948 bits per heavy atom. The third-order valence-corrected chi connectivity index (χ3v) is 11.7. The molecule has 0 unspecified atom stereocenters. The lowest BCUT2D eigenvalue weighted by atomic mass is 9.82. The topological polar surface area (TPSA) is 56.5 Å². The quantitative estimate of drug-likeness (QED) is 0.170. The summed E-state index contributed by atoms with van der Waals surface area (Å²) < 4.78 is 2.29. The van der Waals surface area contributed by atoms with Gasteiger partial charge in [-0.1, -0.05) is 159 Å². The molecule has 0 amide bonds. The standard InChI is InChI=1S/C53H37N5/c1-53(2)46-32-38(27-29-41(46)42-30-28-39(33-47(42)53)58-48-22-12-11-19-43(48)45-21-13-31-54-52(45)58)50-55-49(37-25-23-35(24-26-37)34-14-5-3-6-15-34)56-51(57-50)44-20-10-9-18-40(44)36-16-7-4-8-17-36/h3-33H,1-2H3. The van der Waals surface area contributed by atoms with Gasteiger partial charge in [0.1, 0.15) is 5.65 Å². The van der Waals surface area contributed by atoms with E-state index in [1.165, 1.54) is 33.2 Å². The first-order valence-corrected chi connectivity index (χ1v) is 19.7. The summed E-state index contributed by atoms with van der Waals surface area (Å²) in [5, 5.41) is 2.35. The molecule has 274 valence electrons. The van der Waals surface area contributed by atoms with Crippen LogP contribution in [-0.4, -0.2) is 24.5 Å². The average molecular weight is 744 g/mol. The molecule has 0 radical (unpaired) electrons. The van der Waals surface area contributed by atoms with Gasteiger partial charge in [-0.3, -0.25) is 4.57 Å². The molecule has 0 saturated heterocycles. The zero-order chi connectivity index (χ0) is 38.8. The van der Waals surface area contributed by atoms with Crippen molar-refractivity contribution in [1.82, 2.24) is 24.5 Å². The minimum atomic E-state index is -0.283. The van der Waals surface area contributed by atoms with Crippen LogP contribution in [0, 0.1) is 0 Å². The molecule has 5 nitrogen and oxygen atoms in total. The number of hydrogen-bond donors (Lipinski definition) is 0. The van der Waals surface area contributed by atoms with E-state index in [0.717, 1.165) is 55.6 Å². The second-order valence-corrected chi connectivity index (χ2v) is 15.5. The molecule has 7 aromatic carbocycles. The van der Waals surface area contributed by atoms with E-state index in [9.17, 15) is 0 Å². The third-order valence-electron chi connectivity index (χ3n) is 11.7. The monoisotopic (exact) mass is 743 g/mol. The van der Waals surface area contributed by atoms with Crippen LogP contribution in [0.1, 0.15) is 25.0 Å². The van der Waals surface area contributed by atoms with Crippen LogP contribution >= 0.6 is 0 Å². The summed E-state index contributed by atoms with van der Waals surface area (Å²) in [6.45, 7) is 4.65. The number of pyridine rings is 1. The van der Waals surface area contributed by atoms with Crippen LogP contribution in [0.4, 0.5) is 0 Å². The van der Waals surface area contributed by atoms with E-state index in [0.29, 0.717) is 17.5 Å². The van der Waals surface area contributed by atoms with Crippen molar-refractivity contribution >= 4 is 21.9 Å². The zero-order valence-corrected chi connectivity index (χ0v) is 32.1. The van der Waals surface area contributed by atoms with Crippen LogP contribution in [0.25, 0.3) is 95.2 Å². The lowest BCUT2D eigenvalue weighted by molar-refractivity contribution is 0.660. The van der Waals surface area contributed by atoms with Crippen LogP contribution < -0.4 is 0 Å². The second kappa shape index (κ2) is 13.3. The van der Waals surface area contributed by atoms with Gasteiger partial charge in [-0.05, 0) is 80.9 Å². The van der Waals surface area contributed by atoms with Crippen molar-refractivity contribution in [2.45, 2.75) is 19.3 Å². The summed E-state index contributed by atoms with van der Waals surface area (Å²) in [7, 11) is 0. The molecule has 11 rings (SSSR count). The van der Waals surface area contributed by atoms with Gasteiger partial charge in [0.25, 0.3) is 0 Å². The van der Waals surface area contributed by atoms with E-state index in [1.807, 2.05) is 24.4 Å². The fourth-order valence-electron chi connectivity index (χ4n) is 8.81. The predicted molar refractivity (Wildman–Crippen MR) is 237 cm³/mol. The van der Waals surface area contributed by atoms with E-state index >= 15 is 0 Å². The van der Waals surface area contributed by atoms with Crippen LogP contribution in [0.15, 0.2) is 188 Å². The van der Waals surface area contributed by atoms with Gasteiger partial charge in [0.05, 0.1) is 5.52 Å². The summed E-state index contributed by atoms with van der Waals surface area (Å²) in [6, 6.07) is 64.1. The van der Waals surface area contributed by atoms with Crippen molar-refractivity contribution in [3.63, 3.8) is 0 Å². The van der Waals surface area contributed by atoms with E-state index in [1.54, 1.807) is 0 Å². The molecular formula is C53H37N5. The van der Waals surface area contributed by atoms with E-state index < -0.39 is 0 Å². The maximum atomic E-state index is 5.25. The number of nitrogens with zero attached hydrogens (tertiary/aromatic N) is 5. The normalized spacial score (nSPS) is 12.8. The highest BCUT2D eigenvalue weighted by Crippen LogP contribution is 2.50. The predicted octanol–water partition coefficient (Wildman–Crippen LogP) is 13.0. The Morgan fingerprint density at radius 1 is 0.397 bits per heavy atom. The van der Waals surface area contributed by atoms with E-state index in [2.05, 4.69) is 182 Å². The highest BCUT2D eigenvalue weighted by Gasteiger charge is 2.36. The Morgan fingerprint density at radius 3 is 1.72 bits per heavy atom. The largest absolute Gasteiger partial charge is 0.294 e. The number of aromatic nitrogens is 5. The molecule has 0 saturated carbocycles. The molecule has 3 heterocycles. The molecule has 58 heavy (non-hydrogen) atoms. The lowest BCUT2D eigenvalue weighted by Gasteiger charge is -2.23. The molecule has 1 aliphatic rings. The maximum Gasteiger partial charge on any atom is 0.164 e. The molecule has 0 spiro atoms. The fourth-order valence-corrected chi connectivity index (χ4v) is 8.81. The zero-order valence-electron chi connectivity index (χ0n) is 32.1. The van der Waals surface area contributed by atoms with E-state index in [-0.39, 0.29) is 5.41 Å². The Bertz CT molecular complexity index is 3130. The summed E-state index contributed by atoms with van der Waals surface area (Å²) in [4.78, 5) is 20.5. The molecule has 0 N–H and O–H groups in total. The molecule has 5 heteroatoms. The highest BCUT2D eigenvalue weighted by atomic mass is 15.0. The first kappa shape index (κ1) is 33.8. The Kier molecular flexibility index (Phi) is 7.76. The van der Waals surface area contributed by atoms with Gasteiger partial charge in [-0.15, -0.1) is 0 Å². The maximum absolute atomic E-state index is 5.25. The minimum Gasteiger partial charge on any atom is -0.294 e. The Hall–Kier alpha value is -7.50. The van der Waals surface area contributed by atoms with Gasteiger partial charge >= 0.3 is 0 Å². The summed E-state index contributed by atoms with van der Waals surface area (Å²) >= 11 is 0. The first-order chi connectivity index (χ1) is 28.5. The Balaban J connectivity index is 1.04. The minimum absolute atomic E-state index is 0.283. The van der Waals surface area contributed by atoms with Gasteiger partial charge in [0.2, 0.25) is 0 Å². The highest BCUT2D eigenvalue weighted by molar-refractivity contribution is 6.07. The lowest BCUT2D eigenvalue weighted by Crippen LogP contribution is -2.15.